The van der Waals surface area contributed by atoms with Gasteiger partial charge in [0, 0.05) is 11.3 Å². The first-order valence-corrected chi connectivity index (χ1v) is 8.69. The Kier molecular flexibility index (Phi) is 6.14. The fourth-order valence-corrected chi connectivity index (χ4v) is 2.85. The Morgan fingerprint density at radius 3 is 2.19 bits per heavy atom. The number of benzene rings is 2. The minimum atomic E-state index is -0.889. The quantitative estimate of drug-likeness (QED) is 0.720. The Bertz CT molecular complexity index is 776. The number of ether oxygens (including phenoxy) is 2. The number of rotatable bonds is 7. The molecular weight excluding hydrogens is 330 g/mol. The summed E-state index contributed by atoms with van der Waals surface area (Å²) in [4.78, 5) is 11.0. The minimum Gasteiger partial charge on any atom is -0.496 e. The van der Waals surface area contributed by atoms with E-state index in [1.807, 2.05) is 44.2 Å². The first-order valence-electron chi connectivity index (χ1n) is 8.69. The topological polar surface area (TPSA) is 67.8 Å². The number of methoxy groups -OCH3 is 1. The monoisotopic (exact) mass is 357 g/mol. The maximum Gasteiger partial charge on any atom is 0.325 e. The highest BCUT2D eigenvalue weighted by atomic mass is 16.5. The predicted octanol–water partition coefficient (Wildman–Crippen LogP) is 5.11. The lowest BCUT2D eigenvalue weighted by Crippen LogP contribution is -2.25. The molecule has 1 atom stereocenters. The fourth-order valence-electron chi connectivity index (χ4n) is 2.85. The predicted molar refractivity (Wildman–Crippen MR) is 104 cm³/mol. The fraction of sp³-hybridized carbons (Fsp3) is 0.381. The van der Waals surface area contributed by atoms with Crippen LogP contribution in [-0.4, -0.2) is 24.2 Å². The summed E-state index contributed by atoms with van der Waals surface area (Å²) < 4.78 is 11.6. The van der Waals surface area contributed by atoms with Gasteiger partial charge < -0.3 is 19.9 Å². The maximum absolute atomic E-state index is 11.0. The van der Waals surface area contributed by atoms with Crippen LogP contribution >= 0.6 is 0 Å². The molecule has 0 amide bonds. The van der Waals surface area contributed by atoms with Crippen LogP contribution in [-0.2, 0) is 4.79 Å². The van der Waals surface area contributed by atoms with Crippen molar-refractivity contribution >= 4 is 11.7 Å². The van der Waals surface area contributed by atoms with Crippen LogP contribution < -0.4 is 14.8 Å². The first-order chi connectivity index (χ1) is 12.2. The number of carboxylic acid groups (broad SMARTS) is 1. The number of carbonyl (C=O) groups is 1. The van der Waals surface area contributed by atoms with Gasteiger partial charge in [0.1, 0.15) is 23.3 Å². The normalized spacial score (nSPS) is 12.0. The van der Waals surface area contributed by atoms with E-state index >= 15 is 0 Å². The summed E-state index contributed by atoms with van der Waals surface area (Å²) >= 11 is 0. The Balaban J connectivity index is 2.30. The molecular formula is C21H27NO4. The first kappa shape index (κ1) is 19.6. The van der Waals surface area contributed by atoms with Crippen LogP contribution in [0.15, 0.2) is 30.3 Å². The summed E-state index contributed by atoms with van der Waals surface area (Å²) in [6, 6.07) is 8.95. The molecule has 2 aromatic carbocycles. The summed E-state index contributed by atoms with van der Waals surface area (Å²) in [6.45, 7) is 9.74. The van der Waals surface area contributed by atoms with Crippen LogP contribution in [0.3, 0.4) is 0 Å². The van der Waals surface area contributed by atoms with E-state index in [4.69, 9.17) is 14.6 Å². The lowest BCUT2D eigenvalue weighted by Gasteiger charge is -2.18. The number of aliphatic carboxylic acids is 1. The van der Waals surface area contributed by atoms with Crippen LogP contribution in [0, 0.1) is 13.8 Å². The highest BCUT2D eigenvalue weighted by Crippen LogP contribution is 2.35. The lowest BCUT2D eigenvalue weighted by atomic mass is 10.0. The molecule has 1 unspecified atom stereocenters. The van der Waals surface area contributed by atoms with Crippen molar-refractivity contribution in [2.45, 2.75) is 46.6 Å². The molecule has 2 N–H and O–H groups in total. The molecule has 5 heteroatoms. The van der Waals surface area contributed by atoms with E-state index in [2.05, 4.69) is 19.2 Å². The molecule has 0 fully saturated rings. The molecule has 140 valence electrons. The summed E-state index contributed by atoms with van der Waals surface area (Å²) in [5.74, 6) is 1.81. The molecule has 0 heterocycles. The van der Waals surface area contributed by atoms with Crippen molar-refractivity contribution < 1.29 is 19.4 Å². The SMILES string of the molecule is COc1ccc(Oc2c(C)cc(NC(C)C(=O)O)cc2C)cc1C(C)C. The zero-order valence-corrected chi connectivity index (χ0v) is 16.2. The molecule has 2 aromatic rings. The molecule has 0 aromatic heterocycles. The van der Waals surface area contributed by atoms with Crippen LogP contribution in [0.5, 0.6) is 17.2 Å². The second-order valence-corrected chi connectivity index (χ2v) is 6.80. The van der Waals surface area contributed by atoms with Crippen molar-refractivity contribution in [2.24, 2.45) is 0 Å². The van der Waals surface area contributed by atoms with Crippen molar-refractivity contribution in [3.05, 3.63) is 47.0 Å². The summed E-state index contributed by atoms with van der Waals surface area (Å²) in [6.07, 6.45) is 0. The molecule has 0 saturated carbocycles. The number of hydrogen-bond acceptors (Lipinski definition) is 4. The Labute approximate surface area is 155 Å². The number of nitrogens with one attached hydrogen (secondary N) is 1. The van der Waals surface area contributed by atoms with Crippen molar-refractivity contribution in [2.75, 3.05) is 12.4 Å². The molecule has 0 aliphatic rings. The van der Waals surface area contributed by atoms with Crippen LogP contribution in [0.2, 0.25) is 0 Å². The number of hydrogen-bond donors (Lipinski definition) is 2. The molecule has 0 radical (unpaired) electrons. The van der Waals surface area contributed by atoms with Gasteiger partial charge in [0.05, 0.1) is 7.11 Å². The van der Waals surface area contributed by atoms with Crippen LogP contribution in [0.1, 0.15) is 43.4 Å². The molecule has 0 spiro atoms. The number of anilines is 1. The Morgan fingerprint density at radius 2 is 1.69 bits per heavy atom. The average Bonchev–Trinajstić information content (AvgIpc) is 2.57. The van der Waals surface area contributed by atoms with E-state index in [0.29, 0.717) is 5.92 Å². The molecule has 0 saturated heterocycles. The molecule has 5 nitrogen and oxygen atoms in total. The average molecular weight is 357 g/mol. The number of carboxylic acids is 1. The van der Waals surface area contributed by atoms with Gasteiger partial charge in [-0.25, -0.2) is 0 Å². The van der Waals surface area contributed by atoms with Gasteiger partial charge in [0.25, 0.3) is 0 Å². The third-order valence-electron chi connectivity index (χ3n) is 4.26. The highest BCUT2D eigenvalue weighted by Gasteiger charge is 2.14. The zero-order chi connectivity index (χ0) is 19.4. The van der Waals surface area contributed by atoms with Crippen LogP contribution in [0.4, 0.5) is 5.69 Å². The van der Waals surface area contributed by atoms with Gasteiger partial charge >= 0.3 is 5.97 Å². The maximum atomic E-state index is 11.0. The van der Waals surface area contributed by atoms with Gasteiger partial charge in [-0.3, -0.25) is 4.79 Å². The van der Waals surface area contributed by atoms with Gasteiger partial charge in [-0.1, -0.05) is 13.8 Å². The van der Waals surface area contributed by atoms with E-state index in [1.165, 1.54) is 0 Å². The Morgan fingerprint density at radius 1 is 1.08 bits per heavy atom. The van der Waals surface area contributed by atoms with Crippen molar-refractivity contribution in [3.8, 4) is 17.2 Å². The van der Waals surface area contributed by atoms with E-state index in [1.54, 1.807) is 14.0 Å². The standard InChI is InChI=1S/C21H27NO4/c1-12(2)18-11-17(7-8-19(18)25-6)26-20-13(3)9-16(10-14(20)4)22-15(5)21(23)24/h7-12,15,22H,1-6H3,(H,23,24). The summed E-state index contributed by atoms with van der Waals surface area (Å²) in [5, 5.41) is 12.0. The van der Waals surface area contributed by atoms with Gasteiger partial charge in [0.2, 0.25) is 0 Å². The second-order valence-electron chi connectivity index (χ2n) is 6.80. The van der Waals surface area contributed by atoms with Crippen molar-refractivity contribution in [1.29, 1.82) is 0 Å². The van der Waals surface area contributed by atoms with Gasteiger partial charge in [0.15, 0.2) is 0 Å². The molecule has 0 aliphatic carbocycles. The molecule has 26 heavy (non-hydrogen) atoms. The van der Waals surface area contributed by atoms with Gasteiger partial charge in [-0.15, -0.1) is 0 Å². The zero-order valence-electron chi connectivity index (χ0n) is 16.2. The van der Waals surface area contributed by atoms with Crippen LogP contribution in [0.25, 0.3) is 0 Å². The summed E-state index contributed by atoms with van der Waals surface area (Å²) in [7, 11) is 1.67. The highest BCUT2D eigenvalue weighted by molar-refractivity contribution is 5.77. The Hall–Kier alpha value is -2.69. The van der Waals surface area contributed by atoms with E-state index in [-0.39, 0.29) is 0 Å². The van der Waals surface area contributed by atoms with Gasteiger partial charge in [-0.2, -0.15) is 0 Å². The lowest BCUT2D eigenvalue weighted by molar-refractivity contribution is -0.137. The van der Waals surface area contributed by atoms with Crippen molar-refractivity contribution in [1.82, 2.24) is 0 Å². The number of aryl methyl sites for hydroxylation is 2. The second kappa shape index (κ2) is 8.13. The smallest absolute Gasteiger partial charge is 0.325 e. The molecule has 0 bridgehead atoms. The largest absolute Gasteiger partial charge is 0.496 e. The van der Waals surface area contributed by atoms with Gasteiger partial charge in [-0.05, 0) is 68.1 Å². The van der Waals surface area contributed by atoms with E-state index < -0.39 is 12.0 Å². The summed E-state index contributed by atoms with van der Waals surface area (Å²) in [5.41, 5.74) is 3.73. The van der Waals surface area contributed by atoms with E-state index in [0.717, 1.165) is 39.6 Å². The molecule has 2 rings (SSSR count). The van der Waals surface area contributed by atoms with Crippen molar-refractivity contribution in [3.63, 3.8) is 0 Å². The third kappa shape index (κ3) is 4.48. The van der Waals surface area contributed by atoms with E-state index in [9.17, 15) is 4.79 Å². The third-order valence-corrected chi connectivity index (χ3v) is 4.26. The molecule has 0 aliphatic heterocycles. The minimum absolute atomic E-state index is 0.319.